The third kappa shape index (κ3) is 3.79. The van der Waals surface area contributed by atoms with Gasteiger partial charge in [0.25, 0.3) is 10.0 Å². The molecule has 0 saturated carbocycles. The zero-order valence-electron chi connectivity index (χ0n) is 11.4. The molecule has 0 fully saturated rings. The van der Waals surface area contributed by atoms with Crippen LogP contribution >= 0.6 is 34.8 Å². The number of halogens is 3. The molecule has 0 aliphatic heterocycles. The Balaban J connectivity index is 2.35. The van der Waals surface area contributed by atoms with Crippen LogP contribution in [0.1, 0.15) is 6.92 Å². The summed E-state index contributed by atoms with van der Waals surface area (Å²) in [5.74, 6) is 0.420. The molecule has 0 spiro atoms. The molecule has 0 unspecified atom stereocenters. The van der Waals surface area contributed by atoms with Gasteiger partial charge in [-0.2, -0.15) is 0 Å². The van der Waals surface area contributed by atoms with Crippen molar-refractivity contribution in [2.75, 3.05) is 11.3 Å². The van der Waals surface area contributed by atoms with Crippen LogP contribution in [0, 0.1) is 0 Å². The summed E-state index contributed by atoms with van der Waals surface area (Å²) < 4.78 is 32.4. The maximum atomic E-state index is 12.4. The van der Waals surface area contributed by atoms with Gasteiger partial charge in [0.2, 0.25) is 0 Å². The Kier molecular flexibility index (Phi) is 5.45. The van der Waals surface area contributed by atoms with E-state index in [1.54, 1.807) is 12.1 Å². The van der Waals surface area contributed by atoms with Crippen LogP contribution in [0.4, 0.5) is 5.69 Å². The van der Waals surface area contributed by atoms with E-state index in [1.165, 1.54) is 24.3 Å². The second kappa shape index (κ2) is 6.96. The van der Waals surface area contributed by atoms with E-state index in [0.29, 0.717) is 12.4 Å². The van der Waals surface area contributed by atoms with Gasteiger partial charge in [0.1, 0.15) is 5.75 Å². The first kappa shape index (κ1) is 17.2. The van der Waals surface area contributed by atoms with Crippen LogP contribution in [0.15, 0.2) is 41.3 Å². The topological polar surface area (TPSA) is 55.4 Å². The first-order valence-electron chi connectivity index (χ1n) is 6.24. The van der Waals surface area contributed by atoms with Crippen LogP contribution in [-0.2, 0) is 10.0 Å². The molecule has 22 heavy (non-hydrogen) atoms. The number of benzene rings is 2. The predicted molar refractivity (Wildman–Crippen MR) is 89.9 cm³/mol. The van der Waals surface area contributed by atoms with Crippen molar-refractivity contribution in [3.05, 3.63) is 51.5 Å². The van der Waals surface area contributed by atoms with Crippen molar-refractivity contribution in [3.8, 4) is 5.75 Å². The molecule has 0 aliphatic carbocycles. The molecule has 0 saturated heterocycles. The summed E-state index contributed by atoms with van der Waals surface area (Å²) in [7, 11) is -3.84. The van der Waals surface area contributed by atoms with Gasteiger partial charge in [0.15, 0.2) is 0 Å². The number of anilines is 1. The van der Waals surface area contributed by atoms with E-state index in [0.717, 1.165) is 0 Å². The molecule has 2 rings (SSSR count). The maximum absolute atomic E-state index is 12.4. The van der Waals surface area contributed by atoms with Crippen molar-refractivity contribution >= 4 is 50.5 Å². The number of ether oxygens (including phenoxy) is 1. The first-order valence-corrected chi connectivity index (χ1v) is 8.86. The lowest BCUT2D eigenvalue weighted by atomic mass is 10.3. The Morgan fingerprint density at radius 3 is 2.45 bits per heavy atom. The van der Waals surface area contributed by atoms with Gasteiger partial charge < -0.3 is 4.74 Å². The lowest BCUT2D eigenvalue weighted by molar-refractivity contribution is 0.340. The average Bonchev–Trinajstić information content (AvgIpc) is 2.46. The third-order valence-corrected chi connectivity index (χ3v) is 5.19. The second-order valence-electron chi connectivity index (χ2n) is 4.23. The van der Waals surface area contributed by atoms with Gasteiger partial charge in [0, 0.05) is 0 Å². The Hall–Kier alpha value is -1.14. The molecule has 0 atom stereocenters. The summed E-state index contributed by atoms with van der Waals surface area (Å²) in [6, 6.07) is 8.89. The van der Waals surface area contributed by atoms with Crippen molar-refractivity contribution in [3.63, 3.8) is 0 Å². The van der Waals surface area contributed by atoms with Crippen LogP contribution < -0.4 is 9.46 Å². The van der Waals surface area contributed by atoms with Crippen LogP contribution in [0.5, 0.6) is 5.75 Å². The molecule has 2 aromatic rings. The Morgan fingerprint density at radius 2 is 1.82 bits per heavy atom. The normalized spacial score (nSPS) is 11.3. The van der Waals surface area contributed by atoms with Crippen LogP contribution in [0.3, 0.4) is 0 Å². The molecule has 0 aromatic heterocycles. The third-order valence-electron chi connectivity index (χ3n) is 2.71. The van der Waals surface area contributed by atoms with E-state index in [9.17, 15) is 8.42 Å². The summed E-state index contributed by atoms with van der Waals surface area (Å²) in [4.78, 5) is -0.00278. The van der Waals surface area contributed by atoms with E-state index in [2.05, 4.69) is 4.72 Å². The molecule has 0 amide bonds. The molecule has 8 heteroatoms. The molecule has 2 aromatic carbocycles. The van der Waals surface area contributed by atoms with Gasteiger partial charge in [-0.25, -0.2) is 8.42 Å². The summed E-state index contributed by atoms with van der Waals surface area (Å²) in [6.07, 6.45) is 0. The molecule has 4 nitrogen and oxygen atoms in total. The number of sulfonamides is 1. The lowest BCUT2D eigenvalue weighted by Gasteiger charge is -2.12. The van der Waals surface area contributed by atoms with Crippen molar-refractivity contribution in [1.82, 2.24) is 0 Å². The van der Waals surface area contributed by atoms with Gasteiger partial charge in [0.05, 0.1) is 32.3 Å². The molecule has 0 aliphatic rings. The zero-order valence-corrected chi connectivity index (χ0v) is 14.5. The average molecular weight is 381 g/mol. The van der Waals surface area contributed by atoms with E-state index in [1.807, 2.05) is 6.92 Å². The highest BCUT2D eigenvalue weighted by Crippen LogP contribution is 2.32. The minimum atomic E-state index is -3.84. The number of rotatable bonds is 5. The van der Waals surface area contributed by atoms with Crippen LogP contribution in [0.25, 0.3) is 0 Å². The monoisotopic (exact) mass is 379 g/mol. The zero-order chi connectivity index (χ0) is 16.3. The number of nitrogens with one attached hydrogen (secondary N) is 1. The van der Waals surface area contributed by atoms with Crippen molar-refractivity contribution in [2.24, 2.45) is 0 Å². The van der Waals surface area contributed by atoms with E-state index >= 15 is 0 Å². The second-order valence-corrected chi connectivity index (χ2v) is 7.11. The first-order chi connectivity index (χ1) is 10.3. The van der Waals surface area contributed by atoms with Gasteiger partial charge in [-0.15, -0.1) is 0 Å². The maximum Gasteiger partial charge on any atom is 0.261 e. The molecule has 118 valence electrons. The van der Waals surface area contributed by atoms with Crippen molar-refractivity contribution in [2.45, 2.75) is 11.8 Å². The highest BCUT2D eigenvalue weighted by molar-refractivity contribution is 7.92. The number of hydrogen-bond donors (Lipinski definition) is 1. The van der Waals surface area contributed by atoms with Gasteiger partial charge in [-0.3, -0.25) is 4.72 Å². The smallest absolute Gasteiger partial charge is 0.261 e. The summed E-state index contributed by atoms with van der Waals surface area (Å²) in [5, 5.41) is 0.596. The molecule has 1 N–H and O–H groups in total. The predicted octanol–water partition coefficient (Wildman–Crippen LogP) is 4.85. The highest BCUT2D eigenvalue weighted by atomic mass is 35.5. The minimum absolute atomic E-state index is 0.00278. The van der Waals surface area contributed by atoms with Crippen LogP contribution in [-0.4, -0.2) is 15.0 Å². The fourth-order valence-electron chi connectivity index (χ4n) is 1.71. The summed E-state index contributed by atoms with van der Waals surface area (Å²) in [5.41, 5.74) is 0.194. The van der Waals surface area contributed by atoms with Crippen molar-refractivity contribution < 1.29 is 13.2 Å². The van der Waals surface area contributed by atoms with E-state index in [-0.39, 0.29) is 25.7 Å². The SMILES string of the molecule is CCOc1ccc(S(=O)(=O)Nc2cccc(Cl)c2Cl)cc1Cl. The molecular formula is C14H12Cl3NO3S. The fraction of sp³-hybridized carbons (Fsp3) is 0.143. The largest absolute Gasteiger partial charge is 0.492 e. The highest BCUT2D eigenvalue weighted by Gasteiger charge is 2.18. The molecule has 0 bridgehead atoms. The Morgan fingerprint density at radius 1 is 1.09 bits per heavy atom. The molecule has 0 heterocycles. The number of hydrogen-bond acceptors (Lipinski definition) is 3. The van der Waals surface area contributed by atoms with Crippen molar-refractivity contribution in [1.29, 1.82) is 0 Å². The summed E-state index contributed by atoms with van der Waals surface area (Å²) in [6.45, 7) is 2.24. The molecule has 0 radical (unpaired) electrons. The molecular weight excluding hydrogens is 369 g/mol. The van der Waals surface area contributed by atoms with E-state index < -0.39 is 10.0 Å². The Bertz CT molecular complexity index is 794. The van der Waals surface area contributed by atoms with Gasteiger partial charge >= 0.3 is 0 Å². The quantitative estimate of drug-likeness (QED) is 0.807. The minimum Gasteiger partial charge on any atom is -0.492 e. The van der Waals surface area contributed by atoms with Crippen LogP contribution in [0.2, 0.25) is 15.1 Å². The Labute approximate surface area is 144 Å². The lowest BCUT2D eigenvalue weighted by Crippen LogP contribution is -2.13. The van der Waals surface area contributed by atoms with E-state index in [4.69, 9.17) is 39.5 Å². The summed E-state index contributed by atoms with van der Waals surface area (Å²) >= 11 is 17.9. The van der Waals surface area contributed by atoms with Gasteiger partial charge in [-0.1, -0.05) is 40.9 Å². The fourth-order valence-corrected chi connectivity index (χ4v) is 3.51. The van der Waals surface area contributed by atoms with Gasteiger partial charge in [-0.05, 0) is 37.3 Å². The standard InChI is InChI=1S/C14H12Cl3NO3S/c1-2-21-13-7-6-9(8-11(13)16)22(19,20)18-12-5-3-4-10(15)14(12)17/h3-8,18H,2H2,1H3.